The lowest BCUT2D eigenvalue weighted by Crippen LogP contribution is -2.36. The summed E-state index contributed by atoms with van der Waals surface area (Å²) < 4.78 is 7.84. The molecule has 0 radical (unpaired) electrons. The molecule has 4 aromatic rings. The number of nitrogens with zero attached hydrogens (tertiary/aromatic N) is 3. The Labute approximate surface area is 198 Å². The maximum absolute atomic E-state index is 13.9. The number of aromatic nitrogens is 1. The van der Waals surface area contributed by atoms with Gasteiger partial charge in [0, 0.05) is 44.4 Å². The number of anilines is 2. The van der Waals surface area contributed by atoms with Crippen LogP contribution in [0.15, 0.2) is 77.6 Å². The first-order chi connectivity index (χ1) is 16.5. The fourth-order valence-corrected chi connectivity index (χ4v) is 4.54. The maximum atomic E-state index is 13.9. The van der Waals surface area contributed by atoms with Crippen LogP contribution in [0, 0.1) is 0 Å². The van der Waals surface area contributed by atoms with E-state index in [4.69, 9.17) is 4.74 Å². The van der Waals surface area contributed by atoms with Gasteiger partial charge in [-0.1, -0.05) is 48.5 Å². The molecule has 0 atom stereocenters. The fraction of sp³-hybridized carbons (Fsp3) is 0.214. The highest BCUT2D eigenvalue weighted by Gasteiger charge is 2.31. The summed E-state index contributed by atoms with van der Waals surface area (Å²) in [6.45, 7) is 0.793. The Morgan fingerprint density at radius 2 is 1.74 bits per heavy atom. The number of pyridine rings is 1. The number of aryl methyl sites for hydroxylation is 1. The molecule has 1 aromatic heterocycles. The summed E-state index contributed by atoms with van der Waals surface area (Å²) in [5.74, 6) is 0.00537. The average molecular weight is 454 g/mol. The monoisotopic (exact) mass is 453 g/mol. The number of benzene rings is 3. The van der Waals surface area contributed by atoms with E-state index in [1.807, 2.05) is 91.8 Å². The maximum Gasteiger partial charge on any atom is 0.267 e. The summed E-state index contributed by atoms with van der Waals surface area (Å²) in [7, 11) is 5.62. The van der Waals surface area contributed by atoms with Crippen LogP contribution >= 0.6 is 0 Å². The second kappa shape index (κ2) is 8.71. The normalized spacial score (nSPS) is 12.6. The predicted molar refractivity (Wildman–Crippen MR) is 136 cm³/mol. The smallest absolute Gasteiger partial charge is 0.267 e. The van der Waals surface area contributed by atoms with E-state index in [2.05, 4.69) is 0 Å². The highest BCUT2D eigenvalue weighted by Crippen LogP contribution is 2.35. The van der Waals surface area contributed by atoms with Crippen LogP contribution in [0.4, 0.5) is 11.4 Å². The molecule has 1 amide bonds. The van der Waals surface area contributed by atoms with Gasteiger partial charge >= 0.3 is 0 Å². The number of carbonyl (C=O) groups is 1. The molecule has 34 heavy (non-hydrogen) atoms. The van der Waals surface area contributed by atoms with E-state index in [9.17, 15) is 9.59 Å². The molecule has 3 aromatic carbocycles. The van der Waals surface area contributed by atoms with Crippen molar-refractivity contribution in [2.75, 3.05) is 30.4 Å². The van der Waals surface area contributed by atoms with Gasteiger partial charge in [0.1, 0.15) is 17.9 Å². The number of fused-ring (bicyclic) bond motifs is 2. The molecule has 0 aliphatic carbocycles. The van der Waals surface area contributed by atoms with Gasteiger partial charge in [-0.15, -0.1) is 0 Å². The van der Waals surface area contributed by atoms with Crippen molar-refractivity contribution in [1.29, 1.82) is 0 Å². The Kier molecular flexibility index (Phi) is 5.57. The zero-order chi connectivity index (χ0) is 23.8. The van der Waals surface area contributed by atoms with Crippen LogP contribution < -0.4 is 20.1 Å². The molecule has 172 valence electrons. The second-order valence-corrected chi connectivity index (χ2v) is 8.77. The summed E-state index contributed by atoms with van der Waals surface area (Å²) in [5.41, 5.74) is 4.31. The molecule has 0 bridgehead atoms. The topological polar surface area (TPSA) is 54.8 Å². The molecular formula is C28H27N3O3. The van der Waals surface area contributed by atoms with Crippen LogP contribution in [-0.4, -0.2) is 31.1 Å². The predicted octanol–water partition coefficient (Wildman–Crippen LogP) is 4.39. The van der Waals surface area contributed by atoms with E-state index in [1.165, 1.54) is 0 Å². The lowest BCUT2D eigenvalue weighted by atomic mass is 10.1. The van der Waals surface area contributed by atoms with Crippen molar-refractivity contribution >= 4 is 28.2 Å². The first kappa shape index (κ1) is 21.8. The van der Waals surface area contributed by atoms with Gasteiger partial charge in [-0.2, -0.15) is 0 Å². The van der Waals surface area contributed by atoms with Gasteiger partial charge in [-0.3, -0.25) is 9.59 Å². The lowest BCUT2D eigenvalue weighted by molar-refractivity contribution is 0.0983. The Balaban J connectivity index is 1.70. The molecule has 0 saturated carbocycles. The molecular weight excluding hydrogens is 426 g/mol. The zero-order valence-corrected chi connectivity index (χ0v) is 19.6. The molecule has 0 spiro atoms. The largest absolute Gasteiger partial charge is 0.487 e. The van der Waals surface area contributed by atoms with Gasteiger partial charge in [0.2, 0.25) is 0 Å². The highest BCUT2D eigenvalue weighted by molar-refractivity contribution is 6.11. The molecule has 0 saturated heterocycles. The fourth-order valence-electron chi connectivity index (χ4n) is 4.54. The van der Waals surface area contributed by atoms with Gasteiger partial charge in [0.05, 0.1) is 5.52 Å². The Hall–Kier alpha value is -4.06. The van der Waals surface area contributed by atoms with Crippen molar-refractivity contribution in [2.24, 2.45) is 7.05 Å². The van der Waals surface area contributed by atoms with Crippen LogP contribution in [0.5, 0.6) is 5.75 Å². The lowest BCUT2D eigenvalue weighted by Gasteiger charge is -2.22. The molecule has 0 N–H and O–H groups in total. The quantitative estimate of drug-likeness (QED) is 0.450. The first-order valence-corrected chi connectivity index (χ1v) is 11.4. The average Bonchev–Trinajstić information content (AvgIpc) is 3.29. The molecule has 0 fully saturated rings. The van der Waals surface area contributed by atoms with Crippen molar-refractivity contribution in [3.63, 3.8) is 0 Å². The van der Waals surface area contributed by atoms with Crippen LogP contribution in [0.25, 0.3) is 10.9 Å². The van der Waals surface area contributed by atoms with E-state index in [-0.39, 0.29) is 23.6 Å². The molecule has 6 nitrogen and oxygen atoms in total. The minimum atomic E-state index is -0.359. The second-order valence-electron chi connectivity index (χ2n) is 8.77. The van der Waals surface area contributed by atoms with Crippen LogP contribution in [0.3, 0.4) is 0 Å². The van der Waals surface area contributed by atoms with E-state index >= 15 is 0 Å². The number of ether oxygens (including phenoxy) is 1. The minimum Gasteiger partial charge on any atom is -0.487 e. The minimum absolute atomic E-state index is 0.0681. The number of rotatable bonds is 5. The van der Waals surface area contributed by atoms with Crippen molar-refractivity contribution in [3.05, 3.63) is 99.8 Å². The van der Waals surface area contributed by atoms with Gasteiger partial charge in [0.15, 0.2) is 0 Å². The van der Waals surface area contributed by atoms with Crippen molar-refractivity contribution < 1.29 is 9.53 Å². The number of amides is 1. The molecule has 1 aliphatic heterocycles. The molecule has 1 aliphatic rings. The van der Waals surface area contributed by atoms with Crippen molar-refractivity contribution in [3.8, 4) is 5.75 Å². The first-order valence-electron chi connectivity index (χ1n) is 11.4. The SMILES string of the molecule is CN(C)c1ccc2c(c1)c(OCc1ccccc1)c(C(=O)N1CCc3ccccc31)c(=O)n2C. The van der Waals surface area contributed by atoms with E-state index < -0.39 is 0 Å². The summed E-state index contributed by atoms with van der Waals surface area (Å²) in [6.07, 6.45) is 0.765. The number of carbonyl (C=O) groups excluding carboxylic acids is 1. The highest BCUT2D eigenvalue weighted by atomic mass is 16.5. The molecule has 5 rings (SSSR count). The Bertz CT molecular complexity index is 1440. The van der Waals surface area contributed by atoms with Crippen LogP contribution in [0.1, 0.15) is 21.5 Å². The Morgan fingerprint density at radius 1 is 1.00 bits per heavy atom. The zero-order valence-electron chi connectivity index (χ0n) is 19.6. The van der Waals surface area contributed by atoms with Crippen molar-refractivity contribution in [2.45, 2.75) is 13.0 Å². The summed E-state index contributed by atoms with van der Waals surface area (Å²) >= 11 is 0. The van der Waals surface area contributed by atoms with Gasteiger partial charge in [0.25, 0.3) is 11.5 Å². The van der Waals surface area contributed by atoms with Crippen molar-refractivity contribution in [1.82, 2.24) is 4.57 Å². The van der Waals surface area contributed by atoms with Gasteiger partial charge in [-0.05, 0) is 41.8 Å². The van der Waals surface area contributed by atoms with Crippen LogP contribution in [0.2, 0.25) is 0 Å². The van der Waals surface area contributed by atoms with Gasteiger partial charge in [-0.25, -0.2) is 0 Å². The Morgan fingerprint density at radius 3 is 2.50 bits per heavy atom. The van der Waals surface area contributed by atoms with Gasteiger partial charge < -0.3 is 19.1 Å². The third kappa shape index (κ3) is 3.71. The molecule has 0 unspecified atom stereocenters. The van der Waals surface area contributed by atoms with E-state index in [0.29, 0.717) is 12.3 Å². The third-order valence-corrected chi connectivity index (χ3v) is 6.42. The summed E-state index contributed by atoms with van der Waals surface area (Å²) in [4.78, 5) is 31.2. The number of para-hydroxylation sites is 1. The van der Waals surface area contributed by atoms with Crippen LogP contribution in [-0.2, 0) is 20.1 Å². The molecule has 2 heterocycles. The number of hydrogen-bond acceptors (Lipinski definition) is 4. The van der Waals surface area contributed by atoms with E-state index in [0.717, 1.165) is 39.8 Å². The van der Waals surface area contributed by atoms with E-state index in [1.54, 1.807) is 16.5 Å². The summed E-state index contributed by atoms with van der Waals surface area (Å²) in [5, 5.41) is 0.736. The number of hydrogen-bond donors (Lipinski definition) is 0. The summed E-state index contributed by atoms with van der Waals surface area (Å²) in [6, 6.07) is 23.4. The molecule has 6 heteroatoms. The third-order valence-electron chi connectivity index (χ3n) is 6.42. The standard InChI is InChI=1S/C28H27N3O3/c1-29(2)21-13-14-24-22(17-21)26(34-18-19-9-5-4-6-10-19)25(27(32)30(24)3)28(33)31-16-15-20-11-7-8-12-23(20)31/h4-14,17H,15-16,18H2,1-3H3.